The molecular weight excluding hydrogens is 108 g/mol. The van der Waals surface area contributed by atoms with Crippen molar-refractivity contribution in [1.29, 1.82) is 0 Å². The molecule has 52 valence electrons. The number of hydrogen-bond donors (Lipinski definition) is 0. The molecule has 0 amide bonds. The van der Waals surface area contributed by atoms with Gasteiger partial charge in [0.1, 0.15) is 0 Å². The Morgan fingerprint density at radius 2 is 2.22 bits per heavy atom. The van der Waals surface area contributed by atoms with E-state index in [0.29, 0.717) is 5.41 Å². The van der Waals surface area contributed by atoms with E-state index in [0.717, 1.165) is 5.92 Å². The summed E-state index contributed by atoms with van der Waals surface area (Å²) < 4.78 is 0. The maximum atomic E-state index is 4.01. The van der Waals surface area contributed by atoms with Crippen molar-refractivity contribution in [1.82, 2.24) is 0 Å². The third-order valence-electron chi connectivity index (χ3n) is 2.92. The van der Waals surface area contributed by atoms with Crippen molar-refractivity contribution in [2.45, 2.75) is 33.6 Å². The minimum atomic E-state index is 0.453. The van der Waals surface area contributed by atoms with Crippen LogP contribution in [0, 0.1) is 11.3 Å². The highest BCUT2D eigenvalue weighted by Crippen LogP contribution is 2.51. The molecule has 1 saturated carbocycles. The molecule has 1 aliphatic carbocycles. The maximum Gasteiger partial charge on any atom is -0.0116 e. The molecule has 0 bridgehead atoms. The van der Waals surface area contributed by atoms with Crippen LogP contribution in [0.2, 0.25) is 0 Å². The van der Waals surface area contributed by atoms with Gasteiger partial charge in [-0.25, -0.2) is 0 Å². The average molecular weight is 124 g/mol. The predicted octanol–water partition coefficient (Wildman–Crippen LogP) is 3.00. The molecule has 1 rings (SSSR count). The zero-order valence-electron chi connectivity index (χ0n) is 6.70. The molecule has 1 fully saturated rings. The van der Waals surface area contributed by atoms with Crippen molar-refractivity contribution >= 4 is 0 Å². The Bertz CT molecular complexity index is 131. The first-order chi connectivity index (χ1) is 4.09. The van der Waals surface area contributed by atoms with Crippen LogP contribution in [-0.2, 0) is 0 Å². The average Bonchev–Trinajstić information content (AvgIpc) is 1.82. The van der Waals surface area contributed by atoms with Crippen molar-refractivity contribution < 1.29 is 0 Å². The first kappa shape index (κ1) is 6.85. The lowest BCUT2D eigenvalue weighted by atomic mass is 9.58. The first-order valence-electron chi connectivity index (χ1n) is 3.77. The van der Waals surface area contributed by atoms with Crippen molar-refractivity contribution in [3.63, 3.8) is 0 Å². The molecule has 0 radical (unpaired) electrons. The van der Waals surface area contributed by atoms with Crippen LogP contribution < -0.4 is 0 Å². The van der Waals surface area contributed by atoms with Gasteiger partial charge in [-0.1, -0.05) is 39.3 Å². The van der Waals surface area contributed by atoms with Crippen LogP contribution in [-0.4, -0.2) is 0 Å². The van der Waals surface area contributed by atoms with Crippen LogP contribution >= 0.6 is 0 Å². The molecule has 1 unspecified atom stereocenters. The summed E-state index contributed by atoms with van der Waals surface area (Å²) in [7, 11) is 0. The van der Waals surface area contributed by atoms with E-state index in [1.54, 1.807) is 0 Å². The van der Waals surface area contributed by atoms with Crippen LogP contribution in [0.5, 0.6) is 0 Å². The van der Waals surface area contributed by atoms with E-state index in [4.69, 9.17) is 0 Å². The Hall–Kier alpha value is -0.260. The van der Waals surface area contributed by atoms with E-state index in [9.17, 15) is 0 Å². The van der Waals surface area contributed by atoms with Gasteiger partial charge in [0.2, 0.25) is 0 Å². The van der Waals surface area contributed by atoms with Gasteiger partial charge in [-0.3, -0.25) is 0 Å². The summed E-state index contributed by atoms with van der Waals surface area (Å²) in [5.74, 6) is 0.907. The fraction of sp³-hybridized carbons (Fsp3) is 0.778. The van der Waals surface area contributed by atoms with Gasteiger partial charge in [0.05, 0.1) is 0 Å². The maximum absolute atomic E-state index is 4.01. The fourth-order valence-electron chi connectivity index (χ4n) is 1.63. The molecule has 0 saturated heterocycles. The lowest BCUT2D eigenvalue weighted by Crippen LogP contribution is -2.36. The normalized spacial score (nSPS) is 31.9. The van der Waals surface area contributed by atoms with Gasteiger partial charge in [-0.2, -0.15) is 0 Å². The molecule has 0 heterocycles. The van der Waals surface area contributed by atoms with Crippen LogP contribution in [0.3, 0.4) is 0 Å². The second kappa shape index (κ2) is 1.86. The molecule has 0 spiro atoms. The topological polar surface area (TPSA) is 0 Å². The van der Waals surface area contributed by atoms with Crippen LogP contribution in [0.25, 0.3) is 0 Å². The van der Waals surface area contributed by atoms with Gasteiger partial charge in [0.15, 0.2) is 0 Å². The zero-order valence-corrected chi connectivity index (χ0v) is 6.70. The molecule has 0 aromatic heterocycles. The van der Waals surface area contributed by atoms with Crippen molar-refractivity contribution in [2.24, 2.45) is 11.3 Å². The molecule has 9 heavy (non-hydrogen) atoms. The first-order valence-corrected chi connectivity index (χ1v) is 3.77. The molecule has 0 aliphatic heterocycles. The standard InChI is InChI=1S/C9H16/c1-5-8-6-7(2)9(8,3)4/h8H,2,5-6H2,1,3-4H3. The van der Waals surface area contributed by atoms with Gasteiger partial charge in [0.25, 0.3) is 0 Å². The van der Waals surface area contributed by atoms with Gasteiger partial charge in [-0.05, 0) is 17.8 Å². The van der Waals surface area contributed by atoms with Crippen LogP contribution in [0.4, 0.5) is 0 Å². The van der Waals surface area contributed by atoms with Gasteiger partial charge < -0.3 is 0 Å². The third kappa shape index (κ3) is 0.810. The lowest BCUT2D eigenvalue weighted by Gasteiger charge is -2.46. The Morgan fingerprint density at radius 3 is 2.33 bits per heavy atom. The van der Waals surface area contributed by atoms with Crippen LogP contribution in [0.1, 0.15) is 33.6 Å². The second-order valence-corrected chi connectivity index (χ2v) is 3.63. The monoisotopic (exact) mass is 124 g/mol. The highest BCUT2D eigenvalue weighted by atomic mass is 14.4. The van der Waals surface area contributed by atoms with Crippen molar-refractivity contribution in [2.75, 3.05) is 0 Å². The van der Waals surface area contributed by atoms with Crippen molar-refractivity contribution in [3.05, 3.63) is 12.2 Å². The largest absolute Gasteiger partial charge is 0.0993 e. The third-order valence-corrected chi connectivity index (χ3v) is 2.92. The molecule has 0 N–H and O–H groups in total. The smallest absolute Gasteiger partial charge is 0.0116 e. The van der Waals surface area contributed by atoms with E-state index in [2.05, 4.69) is 27.4 Å². The molecular formula is C9H16. The van der Waals surface area contributed by atoms with E-state index in [1.165, 1.54) is 18.4 Å². The van der Waals surface area contributed by atoms with Gasteiger partial charge >= 0.3 is 0 Å². The number of hydrogen-bond acceptors (Lipinski definition) is 0. The fourth-order valence-corrected chi connectivity index (χ4v) is 1.63. The highest BCUT2D eigenvalue weighted by molar-refractivity contribution is 5.20. The summed E-state index contributed by atoms with van der Waals surface area (Å²) >= 11 is 0. The van der Waals surface area contributed by atoms with E-state index < -0.39 is 0 Å². The lowest BCUT2D eigenvalue weighted by molar-refractivity contribution is 0.162. The van der Waals surface area contributed by atoms with E-state index in [-0.39, 0.29) is 0 Å². The molecule has 1 atom stereocenters. The summed E-state index contributed by atoms with van der Waals surface area (Å²) in [5.41, 5.74) is 1.89. The SMILES string of the molecule is C=C1CC(CC)C1(C)C. The Kier molecular flexibility index (Phi) is 1.42. The number of allylic oxidation sites excluding steroid dienone is 1. The van der Waals surface area contributed by atoms with Gasteiger partial charge in [-0.15, -0.1) is 0 Å². The summed E-state index contributed by atoms with van der Waals surface area (Å²) in [6.45, 7) is 10.9. The molecule has 1 aliphatic rings. The van der Waals surface area contributed by atoms with Gasteiger partial charge in [0, 0.05) is 0 Å². The van der Waals surface area contributed by atoms with E-state index in [1.807, 2.05) is 0 Å². The molecule has 0 aromatic rings. The van der Waals surface area contributed by atoms with Crippen molar-refractivity contribution in [3.8, 4) is 0 Å². The zero-order chi connectivity index (χ0) is 7.07. The summed E-state index contributed by atoms with van der Waals surface area (Å²) in [6.07, 6.45) is 2.58. The molecule has 0 nitrogen and oxygen atoms in total. The Morgan fingerprint density at radius 1 is 1.67 bits per heavy atom. The Labute approximate surface area is 58.0 Å². The summed E-state index contributed by atoms with van der Waals surface area (Å²) in [6, 6.07) is 0. The quantitative estimate of drug-likeness (QED) is 0.471. The summed E-state index contributed by atoms with van der Waals surface area (Å²) in [5, 5.41) is 0. The Balaban J connectivity index is 2.58. The van der Waals surface area contributed by atoms with E-state index >= 15 is 0 Å². The minimum Gasteiger partial charge on any atom is -0.0993 e. The molecule has 0 aromatic carbocycles. The number of rotatable bonds is 1. The predicted molar refractivity (Wildman–Crippen MR) is 41.3 cm³/mol. The summed E-state index contributed by atoms with van der Waals surface area (Å²) in [4.78, 5) is 0. The minimum absolute atomic E-state index is 0.453. The van der Waals surface area contributed by atoms with Crippen LogP contribution in [0.15, 0.2) is 12.2 Å². The molecule has 0 heteroatoms. The second-order valence-electron chi connectivity index (χ2n) is 3.63. The highest BCUT2D eigenvalue weighted by Gasteiger charge is 2.40.